The number of hydrogen-bond donors (Lipinski definition) is 1. The first-order valence-electron chi connectivity index (χ1n) is 6.41. The molecule has 1 aliphatic rings. The zero-order chi connectivity index (χ0) is 13.0. The van der Waals surface area contributed by atoms with E-state index >= 15 is 0 Å². The minimum absolute atomic E-state index is 0.274. The Morgan fingerprint density at radius 1 is 1.28 bits per heavy atom. The molecule has 0 spiro atoms. The third-order valence-electron chi connectivity index (χ3n) is 3.40. The molecule has 2 nitrogen and oxygen atoms in total. The van der Waals surface area contributed by atoms with Gasteiger partial charge in [0, 0.05) is 11.1 Å². The second kappa shape index (κ2) is 6.65. The van der Waals surface area contributed by atoms with Gasteiger partial charge in [0.15, 0.2) is 0 Å². The molecule has 0 aliphatic heterocycles. The number of ether oxygens (including phenoxy) is 1. The van der Waals surface area contributed by atoms with E-state index in [0.29, 0.717) is 21.7 Å². The predicted molar refractivity (Wildman–Crippen MR) is 74.5 cm³/mol. The lowest BCUT2D eigenvalue weighted by atomic mass is 10.0. The van der Waals surface area contributed by atoms with E-state index in [0.717, 1.165) is 6.42 Å². The topological polar surface area (TPSA) is 29.5 Å². The van der Waals surface area contributed by atoms with Gasteiger partial charge in [0.05, 0.1) is 11.1 Å². The fourth-order valence-corrected chi connectivity index (χ4v) is 2.81. The number of aliphatic hydroxyl groups is 1. The van der Waals surface area contributed by atoms with E-state index in [-0.39, 0.29) is 6.61 Å². The summed E-state index contributed by atoms with van der Waals surface area (Å²) in [6.45, 7) is 0.274. The van der Waals surface area contributed by atoms with Crippen molar-refractivity contribution in [2.45, 2.75) is 38.2 Å². The van der Waals surface area contributed by atoms with Crippen LogP contribution in [0.2, 0.25) is 10.0 Å². The smallest absolute Gasteiger partial charge is 0.139 e. The van der Waals surface area contributed by atoms with E-state index < -0.39 is 6.10 Å². The van der Waals surface area contributed by atoms with E-state index in [1.807, 2.05) is 0 Å². The van der Waals surface area contributed by atoms with Crippen LogP contribution >= 0.6 is 23.2 Å². The fourth-order valence-electron chi connectivity index (χ4n) is 2.47. The summed E-state index contributed by atoms with van der Waals surface area (Å²) in [4.78, 5) is 0. The van der Waals surface area contributed by atoms with Crippen molar-refractivity contribution in [2.75, 3.05) is 6.61 Å². The summed E-state index contributed by atoms with van der Waals surface area (Å²) in [5, 5.41) is 11.0. The molecule has 100 valence electrons. The average molecular weight is 289 g/mol. The molecule has 0 bridgehead atoms. The van der Waals surface area contributed by atoms with Crippen LogP contribution in [0.1, 0.15) is 32.1 Å². The monoisotopic (exact) mass is 288 g/mol. The van der Waals surface area contributed by atoms with Crippen molar-refractivity contribution in [2.24, 2.45) is 5.92 Å². The molecule has 0 amide bonds. The molecule has 1 aromatic rings. The van der Waals surface area contributed by atoms with E-state index in [2.05, 4.69) is 0 Å². The molecular formula is C14H18Cl2O2. The highest BCUT2D eigenvalue weighted by Gasteiger charge is 2.19. The van der Waals surface area contributed by atoms with E-state index in [4.69, 9.17) is 27.9 Å². The normalized spacial score (nSPS) is 17.9. The van der Waals surface area contributed by atoms with Crippen LogP contribution in [0.5, 0.6) is 5.75 Å². The lowest BCUT2D eigenvalue weighted by Crippen LogP contribution is -2.20. The first kappa shape index (κ1) is 14.0. The molecular weight excluding hydrogens is 271 g/mol. The standard InChI is InChI=1S/C14H18Cl2O2/c15-11-5-6-13(16)14(8-11)18-9-12(17)7-10-3-1-2-4-10/h5-6,8,10,12,17H,1-4,7,9H2. The maximum Gasteiger partial charge on any atom is 0.139 e. The highest BCUT2D eigenvalue weighted by molar-refractivity contribution is 6.34. The summed E-state index contributed by atoms with van der Waals surface area (Å²) in [6.07, 6.45) is 5.43. The molecule has 0 aromatic heterocycles. The summed E-state index contributed by atoms with van der Waals surface area (Å²) >= 11 is 11.9. The summed E-state index contributed by atoms with van der Waals surface area (Å²) in [5.41, 5.74) is 0. The quantitative estimate of drug-likeness (QED) is 0.875. The number of rotatable bonds is 5. The predicted octanol–water partition coefficient (Wildman–Crippen LogP) is 4.31. The van der Waals surface area contributed by atoms with Gasteiger partial charge in [0.1, 0.15) is 12.4 Å². The van der Waals surface area contributed by atoms with Crippen LogP contribution in [-0.2, 0) is 0 Å². The van der Waals surface area contributed by atoms with Crippen LogP contribution in [0.3, 0.4) is 0 Å². The van der Waals surface area contributed by atoms with Crippen LogP contribution in [0.15, 0.2) is 18.2 Å². The van der Waals surface area contributed by atoms with Gasteiger partial charge in [-0.3, -0.25) is 0 Å². The van der Waals surface area contributed by atoms with E-state index in [1.165, 1.54) is 25.7 Å². The van der Waals surface area contributed by atoms with Crippen molar-refractivity contribution in [3.05, 3.63) is 28.2 Å². The van der Waals surface area contributed by atoms with Crippen molar-refractivity contribution in [3.63, 3.8) is 0 Å². The van der Waals surface area contributed by atoms with Gasteiger partial charge < -0.3 is 9.84 Å². The maximum absolute atomic E-state index is 9.93. The van der Waals surface area contributed by atoms with Crippen molar-refractivity contribution in [1.82, 2.24) is 0 Å². The minimum atomic E-state index is -0.428. The molecule has 1 aliphatic carbocycles. The van der Waals surface area contributed by atoms with Crippen LogP contribution in [0.25, 0.3) is 0 Å². The summed E-state index contributed by atoms with van der Waals surface area (Å²) < 4.78 is 5.52. The molecule has 0 saturated heterocycles. The Balaban J connectivity index is 1.81. The zero-order valence-corrected chi connectivity index (χ0v) is 11.8. The molecule has 1 atom stereocenters. The van der Waals surface area contributed by atoms with Crippen LogP contribution in [-0.4, -0.2) is 17.8 Å². The second-order valence-corrected chi connectivity index (χ2v) is 5.77. The van der Waals surface area contributed by atoms with Gasteiger partial charge in [-0.15, -0.1) is 0 Å². The molecule has 2 rings (SSSR count). The number of benzene rings is 1. The maximum atomic E-state index is 9.93. The van der Waals surface area contributed by atoms with E-state index in [1.54, 1.807) is 18.2 Å². The second-order valence-electron chi connectivity index (χ2n) is 4.93. The summed E-state index contributed by atoms with van der Waals surface area (Å²) in [7, 11) is 0. The van der Waals surface area contributed by atoms with Crippen molar-refractivity contribution >= 4 is 23.2 Å². The van der Waals surface area contributed by atoms with Crippen LogP contribution < -0.4 is 4.74 Å². The minimum Gasteiger partial charge on any atom is -0.489 e. The van der Waals surface area contributed by atoms with Crippen LogP contribution in [0, 0.1) is 5.92 Å². The van der Waals surface area contributed by atoms with Gasteiger partial charge in [0.2, 0.25) is 0 Å². The zero-order valence-electron chi connectivity index (χ0n) is 10.2. The highest BCUT2D eigenvalue weighted by atomic mass is 35.5. The molecule has 1 N–H and O–H groups in total. The van der Waals surface area contributed by atoms with Gasteiger partial charge in [-0.25, -0.2) is 0 Å². The number of aliphatic hydroxyl groups excluding tert-OH is 1. The summed E-state index contributed by atoms with van der Waals surface area (Å²) in [6, 6.07) is 5.08. The van der Waals surface area contributed by atoms with Gasteiger partial charge >= 0.3 is 0 Å². The number of halogens is 2. The first-order valence-corrected chi connectivity index (χ1v) is 7.16. The average Bonchev–Trinajstić information content (AvgIpc) is 2.83. The molecule has 18 heavy (non-hydrogen) atoms. The Bertz CT molecular complexity index is 389. The fraction of sp³-hybridized carbons (Fsp3) is 0.571. The van der Waals surface area contributed by atoms with Gasteiger partial charge in [0.25, 0.3) is 0 Å². The molecule has 1 fully saturated rings. The molecule has 1 saturated carbocycles. The molecule has 0 heterocycles. The van der Waals surface area contributed by atoms with Crippen molar-refractivity contribution in [3.8, 4) is 5.75 Å². The van der Waals surface area contributed by atoms with Gasteiger partial charge in [-0.1, -0.05) is 48.9 Å². The lowest BCUT2D eigenvalue weighted by Gasteiger charge is -2.16. The highest BCUT2D eigenvalue weighted by Crippen LogP contribution is 2.30. The Morgan fingerprint density at radius 3 is 2.72 bits per heavy atom. The van der Waals surface area contributed by atoms with Crippen molar-refractivity contribution in [1.29, 1.82) is 0 Å². The molecule has 4 heteroatoms. The lowest BCUT2D eigenvalue weighted by molar-refractivity contribution is 0.0856. The van der Waals surface area contributed by atoms with E-state index in [9.17, 15) is 5.11 Å². The molecule has 1 aromatic carbocycles. The Labute approximate surface area is 118 Å². The summed E-state index contributed by atoms with van der Waals surface area (Å²) in [5.74, 6) is 1.19. The van der Waals surface area contributed by atoms with Gasteiger partial charge in [-0.2, -0.15) is 0 Å². The Kier molecular flexibility index (Phi) is 5.16. The third-order valence-corrected chi connectivity index (χ3v) is 3.95. The molecule has 1 unspecified atom stereocenters. The SMILES string of the molecule is OC(COc1cc(Cl)ccc1Cl)CC1CCCC1. The van der Waals surface area contributed by atoms with Crippen molar-refractivity contribution < 1.29 is 9.84 Å². The van der Waals surface area contributed by atoms with Gasteiger partial charge in [-0.05, 0) is 24.5 Å². The molecule has 0 radical (unpaired) electrons. The Morgan fingerprint density at radius 2 is 2.00 bits per heavy atom. The largest absolute Gasteiger partial charge is 0.489 e. The first-order chi connectivity index (χ1) is 8.65. The Hall–Kier alpha value is -0.440. The number of hydrogen-bond acceptors (Lipinski definition) is 2. The van der Waals surface area contributed by atoms with Crippen LogP contribution in [0.4, 0.5) is 0 Å². The third kappa shape index (κ3) is 4.04.